The average Bonchev–Trinajstić information content (AvgIpc) is 2.79. The van der Waals surface area contributed by atoms with E-state index >= 15 is 0 Å². The van der Waals surface area contributed by atoms with E-state index in [9.17, 15) is 5.11 Å². The summed E-state index contributed by atoms with van der Waals surface area (Å²) in [6, 6.07) is 0. The van der Waals surface area contributed by atoms with Gasteiger partial charge in [0.15, 0.2) is 0 Å². The minimum Gasteiger partial charge on any atom is -0.395 e. The Kier molecular flexibility index (Phi) is 26.9. The van der Waals surface area contributed by atoms with Crippen molar-refractivity contribution in [3.63, 3.8) is 0 Å². The molecule has 0 aromatic carbocycles. The lowest BCUT2D eigenvalue weighted by atomic mass is 10.0. The number of nitrogens with zero attached hydrogens (tertiary/aromatic N) is 2. The van der Waals surface area contributed by atoms with Gasteiger partial charge in [-0.25, -0.2) is 0 Å². The molecular weight excluding hydrogens is 400 g/mol. The molecule has 3 N–H and O–H groups in total. The number of rotatable bonds is 27. The van der Waals surface area contributed by atoms with E-state index in [0.717, 1.165) is 26.2 Å². The van der Waals surface area contributed by atoms with Gasteiger partial charge in [-0.05, 0) is 19.4 Å². The first kappa shape index (κ1) is 31.8. The molecule has 0 aliphatic rings. The highest BCUT2D eigenvalue weighted by Gasteiger charge is 2.07. The maximum Gasteiger partial charge on any atom is 0.0558 e. The Balaban J connectivity index is 3.49. The summed E-state index contributed by atoms with van der Waals surface area (Å²) < 4.78 is 0. The van der Waals surface area contributed by atoms with Crippen LogP contribution in [0.1, 0.15) is 110 Å². The van der Waals surface area contributed by atoms with Gasteiger partial charge in [0.05, 0.1) is 19.8 Å². The molecule has 0 aliphatic carbocycles. The fraction of sp³-hybridized carbons (Fsp3) is 0.963. The molecular formula is C27H57N2O3. The number of aliphatic hydroxyl groups is 3. The summed E-state index contributed by atoms with van der Waals surface area (Å²) >= 11 is 0. The fourth-order valence-electron chi connectivity index (χ4n) is 4.32. The third-order valence-electron chi connectivity index (χ3n) is 6.35. The van der Waals surface area contributed by atoms with Gasteiger partial charge >= 0.3 is 0 Å². The van der Waals surface area contributed by atoms with Crippen LogP contribution in [0, 0.1) is 6.42 Å². The van der Waals surface area contributed by atoms with E-state index in [0.29, 0.717) is 13.1 Å². The normalized spacial score (nSPS) is 11.8. The Morgan fingerprint density at radius 2 is 0.750 bits per heavy atom. The molecule has 193 valence electrons. The molecule has 5 nitrogen and oxygen atoms in total. The van der Waals surface area contributed by atoms with Gasteiger partial charge in [-0.3, -0.25) is 4.90 Å². The van der Waals surface area contributed by atoms with Crippen LogP contribution in [0.5, 0.6) is 0 Å². The van der Waals surface area contributed by atoms with Gasteiger partial charge in [0.2, 0.25) is 0 Å². The number of unbranched alkanes of at least 4 members (excludes halogenated alkanes) is 15. The zero-order chi connectivity index (χ0) is 23.5. The Bertz CT molecular complexity index is 339. The van der Waals surface area contributed by atoms with Gasteiger partial charge in [0, 0.05) is 32.7 Å². The number of hydrogen-bond donors (Lipinski definition) is 3. The summed E-state index contributed by atoms with van der Waals surface area (Å²) in [5, 5.41) is 27.5. The maximum atomic E-state index is 9.32. The van der Waals surface area contributed by atoms with Crippen LogP contribution in [0.25, 0.3) is 0 Å². The average molecular weight is 458 g/mol. The summed E-state index contributed by atoms with van der Waals surface area (Å²) in [4.78, 5) is 4.35. The van der Waals surface area contributed by atoms with Gasteiger partial charge in [-0.1, -0.05) is 103 Å². The summed E-state index contributed by atoms with van der Waals surface area (Å²) in [5.74, 6) is 0. The molecule has 0 aromatic heterocycles. The van der Waals surface area contributed by atoms with Crippen LogP contribution in [-0.2, 0) is 0 Å². The molecule has 0 unspecified atom stereocenters. The van der Waals surface area contributed by atoms with E-state index in [-0.39, 0.29) is 19.8 Å². The Morgan fingerprint density at radius 3 is 1.09 bits per heavy atom. The quantitative estimate of drug-likeness (QED) is 0.151. The molecule has 5 heteroatoms. The molecule has 0 aliphatic heterocycles. The van der Waals surface area contributed by atoms with E-state index in [1.807, 2.05) is 4.90 Å². The summed E-state index contributed by atoms with van der Waals surface area (Å²) in [5.41, 5.74) is 0. The first-order valence-electron chi connectivity index (χ1n) is 13.9. The maximum absolute atomic E-state index is 9.32. The number of aliphatic hydroxyl groups excluding tert-OH is 3. The molecule has 0 heterocycles. The van der Waals surface area contributed by atoms with E-state index < -0.39 is 0 Å². The third-order valence-corrected chi connectivity index (χ3v) is 6.35. The van der Waals surface area contributed by atoms with Gasteiger partial charge in [-0.2, -0.15) is 0 Å². The summed E-state index contributed by atoms with van der Waals surface area (Å²) in [7, 11) is 0. The van der Waals surface area contributed by atoms with Crippen LogP contribution in [0.15, 0.2) is 0 Å². The van der Waals surface area contributed by atoms with Crippen LogP contribution >= 0.6 is 0 Å². The van der Waals surface area contributed by atoms with Crippen molar-refractivity contribution in [1.82, 2.24) is 9.80 Å². The van der Waals surface area contributed by atoms with E-state index in [2.05, 4.69) is 18.2 Å². The first-order chi connectivity index (χ1) is 15.8. The highest BCUT2D eigenvalue weighted by molar-refractivity contribution is 4.76. The lowest BCUT2D eigenvalue weighted by Crippen LogP contribution is -2.35. The predicted molar refractivity (Wildman–Crippen MR) is 138 cm³/mol. The van der Waals surface area contributed by atoms with E-state index in [4.69, 9.17) is 10.2 Å². The molecule has 1 radical (unpaired) electrons. The second-order valence-electron chi connectivity index (χ2n) is 9.36. The Labute approximate surface area is 200 Å². The largest absolute Gasteiger partial charge is 0.395 e. The zero-order valence-electron chi connectivity index (χ0n) is 21.5. The second kappa shape index (κ2) is 27.0. The van der Waals surface area contributed by atoms with Gasteiger partial charge < -0.3 is 20.2 Å². The smallest absolute Gasteiger partial charge is 0.0558 e. The Hall–Kier alpha value is -0.200. The van der Waals surface area contributed by atoms with Gasteiger partial charge in [0.25, 0.3) is 0 Å². The summed E-state index contributed by atoms with van der Waals surface area (Å²) in [6.07, 6.45) is 24.4. The Morgan fingerprint density at radius 1 is 0.438 bits per heavy atom. The number of hydrogen-bond acceptors (Lipinski definition) is 5. The van der Waals surface area contributed by atoms with Crippen molar-refractivity contribution in [1.29, 1.82) is 0 Å². The molecule has 0 saturated carbocycles. The summed E-state index contributed by atoms with van der Waals surface area (Å²) in [6.45, 7) is 7.28. The monoisotopic (exact) mass is 457 g/mol. The van der Waals surface area contributed by atoms with Crippen molar-refractivity contribution in [2.45, 2.75) is 110 Å². The predicted octanol–water partition coefficient (Wildman–Crippen LogP) is 5.03. The van der Waals surface area contributed by atoms with Crippen molar-refractivity contribution in [3.8, 4) is 0 Å². The minimum absolute atomic E-state index is 0.118. The lowest BCUT2D eigenvalue weighted by Gasteiger charge is -2.24. The van der Waals surface area contributed by atoms with Crippen molar-refractivity contribution in [3.05, 3.63) is 6.42 Å². The molecule has 0 bridgehead atoms. The molecule has 0 rings (SSSR count). The topological polar surface area (TPSA) is 67.2 Å². The molecule has 0 aromatic rings. The van der Waals surface area contributed by atoms with Gasteiger partial charge in [-0.15, -0.1) is 0 Å². The SMILES string of the molecule is CCCCCCCCCCCCCCCCCCN(C[CH]CN(CCO)CCO)CCO. The fourth-order valence-corrected chi connectivity index (χ4v) is 4.32. The van der Waals surface area contributed by atoms with Gasteiger partial charge in [0.1, 0.15) is 0 Å². The molecule has 0 amide bonds. The highest BCUT2D eigenvalue weighted by atomic mass is 16.3. The van der Waals surface area contributed by atoms with Crippen LogP contribution in [0.2, 0.25) is 0 Å². The molecule has 32 heavy (non-hydrogen) atoms. The van der Waals surface area contributed by atoms with Crippen LogP contribution < -0.4 is 0 Å². The highest BCUT2D eigenvalue weighted by Crippen LogP contribution is 2.13. The lowest BCUT2D eigenvalue weighted by molar-refractivity contribution is 0.162. The standard InChI is InChI=1S/C27H57N2O3/c1-2-3-4-5-6-7-8-9-10-11-12-13-14-15-16-17-19-28(22-25-30)20-18-21-29(23-26-31)24-27-32/h18,30-32H,2-17,19-27H2,1H3. The van der Waals surface area contributed by atoms with Crippen LogP contribution in [-0.4, -0.2) is 84.2 Å². The zero-order valence-corrected chi connectivity index (χ0v) is 21.5. The van der Waals surface area contributed by atoms with Crippen molar-refractivity contribution < 1.29 is 15.3 Å². The molecule has 0 fully saturated rings. The van der Waals surface area contributed by atoms with Crippen molar-refractivity contribution >= 4 is 0 Å². The van der Waals surface area contributed by atoms with E-state index in [1.54, 1.807) is 0 Å². The van der Waals surface area contributed by atoms with E-state index in [1.165, 1.54) is 103 Å². The second-order valence-corrected chi connectivity index (χ2v) is 9.36. The molecule has 0 spiro atoms. The van der Waals surface area contributed by atoms with Crippen molar-refractivity contribution in [2.24, 2.45) is 0 Å². The first-order valence-corrected chi connectivity index (χ1v) is 13.9. The molecule has 0 saturated heterocycles. The third kappa shape index (κ3) is 23.0. The molecule has 0 atom stereocenters. The van der Waals surface area contributed by atoms with Crippen LogP contribution in [0.3, 0.4) is 0 Å². The van der Waals surface area contributed by atoms with Crippen molar-refractivity contribution in [2.75, 3.05) is 59.1 Å². The van der Waals surface area contributed by atoms with Crippen LogP contribution in [0.4, 0.5) is 0 Å². The minimum atomic E-state index is 0.118.